The van der Waals surface area contributed by atoms with Crippen molar-refractivity contribution < 1.29 is 58.2 Å². The van der Waals surface area contributed by atoms with Gasteiger partial charge in [-0.25, -0.2) is 22.4 Å². The van der Waals surface area contributed by atoms with E-state index in [0.29, 0.717) is 0 Å². The van der Waals surface area contributed by atoms with Crippen LogP contribution in [0.25, 0.3) is 0 Å². The lowest BCUT2D eigenvalue weighted by Gasteiger charge is -2.19. The van der Waals surface area contributed by atoms with E-state index in [1.54, 1.807) is 0 Å². The van der Waals surface area contributed by atoms with E-state index in [1.807, 2.05) is 0 Å². The quantitative estimate of drug-likeness (QED) is 0.527. The average molecular weight is 354 g/mol. The molecule has 0 N–H and O–H groups in total. The molecule has 22 heavy (non-hydrogen) atoms. The lowest BCUT2D eigenvalue weighted by molar-refractivity contribution is -0.203. The van der Waals surface area contributed by atoms with Gasteiger partial charge in [0.15, 0.2) is 13.2 Å². The highest BCUT2D eigenvalue weighted by atomic mass is 19.4. The zero-order chi connectivity index (χ0) is 17.8. The average Bonchev–Trinajstić information content (AvgIpc) is 2.17. The Morgan fingerprint density at radius 3 is 1.14 bits per heavy atom. The van der Waals surface area contributed by atoms with Crippen molar-refractivity contribution in [3.63, 3.8) is 0 Å². The normalized spacial score (nSPS) is 13.9. The Bertz CT molecular complexity index is 339. The first kappa shape index (κ1) is 20.6. The molecule has 0 rings (SSSR count). The molecular weight excluding hydrogens is 346 g/mol. The van der Waals surface area contributed by atoms with Crippen molar-refractivity contribution in [1.82, 2.24) is 0 Å². The minimum Gasteiger partial charge on any atom is -0.428 e. The molecule has 0 fully saturated rings. The van der Waals surface area contributed by atoms with Crippen LogP contribution >= 0.6 is 0 Å². The Hall–Kier alpha value is -1.43. The molecule has 0 saturated heterocycles. The second kappa shape index (κ2) is 6.77. The fourth-order valence-corrected chi connectivity index (χ4v) is 1.06. The van der Waals surface area contributed by atoms with Crippen LogP contribution in [-0.2, 0) is 9.47 Å². The molecule has 0 unspecified atom stereocenters. The van der Waals surface area contributed by atoms with Gasteiger partial charge >= 0.3 is 18.5 Å². The number of ether oxygens (including phenoxy) is 2. The molecule has 0 amide bonds. The third-order valence-electron chi connectivity index (χ3n) is 1.72. The first-order chi connectivity index (χ1) is 9.52. The van der Waals surface area contributed by atoms with Gasteiger partial charge in [0.2, 0.25) is 0 Å². The Labute approximate surface area is 116 Å². The number of hydrogen-bond acceptors (Lipinski definition) is 3. The van der Waals surface area contributed by atoms with Crippen molar-refractivity contribution in [3.05, 3.63) is 0 Å². The Balaban J connectivity index is 4.25. The van der Waals surface area contributed by atoms with Crippen LogP contribution in [0.5, 0.6) is 0 Å². The van der Waals surface area contributed by atoms with Gasteiger partial charge < -0.3 is 9.47 Å². The monoisotopic (exact) mass is 354 g/mol. The van der Waals surface area contributed by atoms with E-state index in [0.717, 1.165) is 0 Å². The molecule has 0 aliphatic carbocycles. The van der Waals surface area contributed by atoms with E-state index in [9.17, 15) is 48.7 Å². The number of alkyl halides is 10. The minimum absolute atomic E-state index is 2.13. The second-order valence-corrected chi connectivity index (χ2v) is 4.12. The number of hydrogen-bond donors (Lipinski definition) is 0. The second-order valence-electron chi connectivity index (χ2n) is 4.12. The zero-order valence-electron chi connectivity index (χ0n) is 10.3. The molecule has 0 aromatic carbocycles. The Kier molecular flexibility index (Phi) is 6.33. The van der Waals surface area contributed by atoms with Crippen LogP contribution in [0.4, 0.5) is 48.7 Å². The van der Waals surface area contributed by atoms with Gasteiger partial charge in [-0.05, 0) is 0 Å². The number of halogens is 10. The van der Waals surface area contributed by atoms with Gasteiger partial charge in [0.1, 0.15) is 12.8 Å². The standard InChI is InChI=1S/C9H8F10O3/c10-6(11,1-8(14,15)16)3-21-5(20)22-4-7(12,13)2-9(17,18)19/h1-4H2. The highest BCUT2D eigenvalue weighted by Crippen LogP contribution is 2.33. The molecule has 0 aliphatic rings. The zero-order valence-corrected chi connectivity index (χ0v) is 10.3. The van der Waals surface area contributed by atoms with Crippen molar-refractivity contribution in [2.75, 3.05) is 13.2 Å². The predicted octanol–water partition coefficient (Wildman–Crippen LogP) is 4.32. The van der Waals surface area contributed by atoms with Gasteiger partial charge in [-0.1, -0.05) is 0 Å². The van der Waals surface area contributed by atoms with Crippen LogP contribution in [0, 0.1) is 0 Å². The SMILES string of the molecule is O=C(OCC(F)(F)CC(F)(F)F)OCC(F)(F)CC(F)(F)F. The molecule has 132 valence electrons. The Morgan fingerprint density at radius 1 is 0.636 bits per heavy atom. The van der Waals surface area contributed by atoms with Crippen LogP contribution in [0.3, 0.4) is 0 Å². The maximum absolute atomic E-state index is 12.6. The fraction of sp³-hybridized carbons (Fsp3) is 0.889. The van der Waals surface area contributed by atoms with Crippen molar-refractivity contribution >= 4 is 6.16 Å². The van der Waals surface area contributed by atoms with Crippen LogP contribution in [0.1, 0.15) is 12.8 Å². The highest BCUT2D eigenvalue weighted by molar-refractivity contribution is 5.59. The van der Waals surface area contributed by atoms with E-state index in [2.05, 4.69) is 9.47 Å². The molecule has 13 heteroatoms. The lowest BCUT2D eigenvalue weighted by atomic mass is 10.2. The maximum atomic E-state index is 12.6. The molecule has 0 spiro atoms. The first-order valence-electron chi connectivity index (χ1n) is 5.20. The summed E-state index contributed by atoms with van der Waals surface area (Å²) in [5, 5.41) is 0. The summed E-state index contributed by atoms with van der Waals surface area (Å²) in [5.41, 5.74) is 0. The molecular formula is C9H8F10O3. The summed E-state index contributed by atoms with van der Waals surface area (Å²) in [7, 11) is 0. The van der Waals surface area contributed by atoms with E-state index in [4.69, 9.17) is 0 Å². The largest absolute Gasteiger partial charge is 0.508 e. The predicted molar refractivity (Wildman–Crippen MR) is 48.5 cm³/mol. The fourth-order valence-electron chi connectivity index (χ4n) is 1.06. The molecule has 0 saturated carbocycles. The lowest BCUT2D eigenvalue weighted by Crippen LogP contribution is -2.34. The van der Waals surface area contributed by atoms with E-state index in [1.165, 1.54) is 0 Å². The van der Waals surface area contributed by atoms with Gasteiger partial charge in [-0.2, -0.15) is 26.3 Å². The summed E-state index contributed by atoms with van der Waals surface area (Å²) < 4.78 is 127. The Morgan fingerprint density at radius 2 is 0.909 bits per heavy atom. The van der Waals surface area contributed by atoms with Gasteiger partial charge in [0, 0.05) is 0 Å². The molecule has 0 aromatic rings. The summed E-state index contributed by atoms with van der Waals surface area (Å²) >= 11 is 0. The number of carbonyl (C=O) groups excluding carboxylic acids is 1. The maximum Gasteiger partial charge on any atom is 0.508 e. The van der Waals surface area contributed by atoms with Gasteiger partial charge in [0.25, 0.3) is 11.8 Å². The summed E-state index contributed by atoms with van der Waals surface area (Å²) in [6.07, 6.45) is -18.1. The summed E-state index contributed by atoms with van der Waals surface area (Å²) in [6.45, 7) is -4.26. The third-order valence-corrected chi connectivity index (χ3v) is 1.72. The summed E-state index contributed by atoms with van der Waals surface area (Å²) in [4.78, 5) is 10.6. The number of rotatable bonds is 6. The molecule has 0 radical (unpaired) electrons. The van der Waals surface area contributed by atoms with Crippen molar-refractivity contribution in [2.24, 2.45) is 0 Å². The van der Waals surface area contributed by atoms with Crippen molar-refractivity contribution in [2.45, 2.75) is 37.0 Å². The van der Waals surface area contributed by atoms with Crippen molar-refractivity contribution in [3.8, 4) is 0 Å². The molecule has 0 atom stereocenters. The van der Waals surface area contributed by atoms with Gasteiger partial charge in [0.05, 0.1) is 0 Å². The van der Waals surface area contributed by atoms with E-state index >= 15 is 0 Å². The van der Waals surface area contributed by atoms with Crippen LogP contribution in [0.2, 0.25) is 0 Å². The van der Waals surface area contributed by atoms with Crippen LogP contribution in [0.15, 0.2) is 0 Å². The van der Waals surface area contributed by atoms with Crippen LogP contribution in [-0.4, -0.2) is 43.6 Å². The third kappa shape index (κ3) is 11.3. The first-order valence-corrected chi connectivity index (χ1v) is 5.20. The van der Waals surface area contributed by atoms with Gasteiger partial charge in [-0.15, -0.1) is 0 Å². The molecule has 0 aliphatic heterocycles. The molecule has 0 heterocycles. The minimum atomic E-state index is -5.28. The molecule has 0 aromatic heterocycles. The van der Waals surface area contributed by atoms with E-state index < -0.39 is 56.4 Å². The smallest absolute Gasteiger partial charge is 0.428 e. The number of carbonyl (C=O) groups is 1. The van der Waals surface area contributed by atoms with Crippen molar-refractivity contribution in [1.29, 1.82) is 0 Å². The van der Waals surface area contributed by atoms with E-state index in [-0.39, 0.29) is 0 Å². The topological polar surface area (TPSA) is 35.5 Å². The molecule has 3 nitrogen and oxygen atoms in total. The van der Waals surface area contributed by atoms with Crippen LogP contribution < -0.4 is 0 Å². The summed E-state index contributed by atoms with van der Waals surface area (Å²) in [6, 6.07) is 0. The highest BCUT2D eigenvalue weighted by Gasteiger charge is 2.46. The molecule has 0 bridgehead atoms. The summed E-state index contributed by atoms with van der Waals surface area (Å²) in [5.74, 6) is -9.07. The van der Waals surface area contributed by atoms with Gasteiger partial charge in [-0.3, -0.25) is 0 Å².